The number of furan rings is 1. The summed E-state index contributed by atoms with van der Waals surface area (Å²) in [7, 11) is 0. The number of ether oxygens (including phenoxy) is 3. The SMILES string of the molecule is CCOC(=O)c1c(NC(=O)COC(=O)COc2ccc(Cl)cc2)oc(C)c1C(C)=O. The number of Topliss-reactive ketones (excluding diaryl/α,β-unsaturated/α-hetero) is 1. The molecule has 2 rings (SSSR count). The van der Waals surface area contributed by atoms with Gasteiger partial charge in [0.25, 0.3) is 5.91 Å². The molecule has 0 atom stereocenters. The van der Waals surface area contributed by atoms with Gasteiger partial charge in [0.15, 0.2) is 19.0 Å². The molecule has 30 heavy (non-hydrogen) atoms. The van der Waals surface area contributed by atoms with Crippen molar-refractivity contribution in [2.45, 2.75) is 20.8 Å². The van der Waals surface area contributed by atoms with Gasteiger partial charge in [0.05, 0.1) is 12.2 Å². The number of esters is 2. The van der Waals surface area contributed by atoms with E-state index in [1.165, 1.54) is 13.8 Å². The van der Waals surface area contributed by atoms with Gasteiger partial charge in [0.2, 0.25) is 5.88 Å². The van der Waals surface area contributed by atoms with Crippen molar-refractivity contribution < 1.29 is 37.8 Å². The first-order valence-electron chi connectivity index (χ1n) is 8.88. The number of rotatable bonds is 9. The molecule has 1 aromatic heterocycles. The molecular formula is C20H20ClNO8. The van der Waals surface area contributed by atoms with Crippen LogP contribution in [0.15, 0.2) is 28.7 Å². The van der Waals surface area contributed by atoms with Crippen molar-refractivity contribution in [3.8, 4) is 5.75 Å². The fraction of sp³-hybridized carbons (Fsp3) is 0.300. The second-order valence-electron chi connectivity index (χ2n) is 5.97. The van der Waals surface area contributed by atoms with Crippen LogP contribution in [0.2, 0.25) is 5.02 Å². The van der Waals surface area contributed by atoms with Gasteiger partial charge in [-0.1, -0.05) is 11.6 Å². The van der Waals surface area contributed by atoms with Gasteiger partial charge in [0.1, 0.15) is 17.1 Å². The standard InChI is InChI=1S/C20H20ClNO8/c1-4-27-20(26)18-17(11(2)23)12(3)30-19(18)22-15(24)9-29-16(25)10-28-14-7-5-13(21)6-8-14/h5-8H,4,9-10H2,1-3H3,(H,22,24). The van der Waals surface area contributed by atoms with Crippen molar-refractivity contribution in [2.75, 3.05) is 25.1 Å². The van der Waals surface area contributed by atoms with Crippen molar-refractivity contribution >= 4 is 41.1 Å². The summed E-state index contributed by atoms with van der Waals surface area (Å²) in [6.07, 6.45) is 0. The van der Waals surface area contributed by atoms with Gasteiger partial charge in [-0.2, -0.15) is 0 Å². The van der Waals surface area contributed by atoms with E-state index < -0.39 is 36.8 Å². The number of aryl methyl sites for hydroxylation is 1. The molecule has 0 unspecified atom stereocenters. The van der Waals surface area contributed by atoms with Crippen molar-refractivity contribution in [1.82, 2.24) is 0 Å². The Morgan fingerprint density at radius 2 is 1.70 bits per heavy atom. The third kappa shape index (κ3) is 6.08. The van der Waals surface area contributed by atoms with Gasteiger partial charge in [0, 0.05) is 5.02 Å². The Labute approximate surface area is 177 Å². The first kappa shape index (κ1) is 23.0. The molecule has 0 aliphatic rings. The number of amides is 1. The summed E-state index contributed by atoms with van der Waals surface area (Å²) in [6, 6.07) is 6.34. The van der Waals surface area contributed by atoms with Gasteiger partial charge < -0.3 is 18.6 Å². The molecule has 0 bridgehead atoms. The minimum Gasteiger partial charge on any atom is -0.482 e. The zero-order valence-electron chi connectivity index (χ0n) is 16.6. The highest BCUT2D eigenvalue weighted by Gasteiger charge is 2.28. The Morgan fingerprint density at radius 3 is 2.30 bits per heavy atom. The second-order valence-corrected chi connectivity index (χ2v) is 6.40. The van der Waals surface area contributed by atoms with Crippen LogP contribution in [-0.4, -0.2) is 43.4 Å². The van der Waals surface area contributed by atoms with Crippen LogP contribution in [0.1, 0.15) is 40.3 Å². The van der Waals surface area contributed by atoms with Crippen LogP contribution in [-0.2, 0) is 19.1 Å². The van der Waals surface area contributed by atoms with Crippen LogP contribution in [0.25, 0.3) is 0 Å². The lowest BCUT2D eigenvalue weighted by Gasteiger charge is -2.08. The Bertz CT molecular complexity index is 948. The number of halogens is 1. The minimum atomic E-state index is -0.816. The average molecular weight is 438 g/mol. The highest BCUT2D eigenvalue weighted by molar-refractivity contribution is 6.30. The Hall–Kier alpha value is -3.33. The molecule has 0 saturated carbocycles. The van der Waals surface area contributed by atoms with E-state index in [0.29, 0.717) is 10.8 Å². The largest absolute Gasteiger partial charge is 0.482 e. The third-order valence-electron chi connectivity index (χ3n) is 3.70. The Morgan fingerprint density at radius 1 is 1.03 bits per heavy atom. The molecular weight excluding hydrogens is 418 g/mol. The molecule has 0 saturated heterocycles. The predicted molar refractivity (Wildman–Crippen MR) is 106 cm³/mol. The highest BCUT2D eigenvalue weighted by atomic mass is 35.5. The predicted octanol–water partition coefficient (Wildman–Crippen LogP) is 3.18. The van der Waals surface area contributed by atoms with Gasteiger partial charge in [-0.15, -0.1) is 0 Å². The lowest BCUT2D eigenvalue weighted by atomic mass is 10.1. The van der Waals surface area contributed by atoms with Crippen LogP contribution < -0.4 is 10.1 Å². The van der Waals surface area contributed by atoms with Crippen LogP contribution >= 0.6 is 11.6 Å². The number of hydrogen-bond donors (Lipinski definition) is 1. The Balaban J connectivity index is 1.96. The van der Waals surface area contributed by atoms with Crippen molar-refractivity contribution in [3.63, 3.8) is 0 Å². The number of benzene rings is 1. The zero-order valence-corrected chi connectivity index (χ0v) is 17.3. The molecule has 0 aliphatic heterocycles. The molecule has 1 heterocycles. The summed E-state index contributed by atoms with van der Waals surface area (Å²) in [4.78, 5) is 47.9. The maximum Gasteiger partial charge on any atom is 0.344 e. The monoisotopic (exact) mass is 437 g/mol. The van der Waals surface area contributed by atoms with Crippen molar-refractivity contribution in [1.29, 1.82) is 0 Å². The smallest absolute Gasteiger partial charge is 0.344 e. The van der Waals surface area contributed by atoms with Crippen LogP contribution in [0.3, 0.4) is 0 Å². The van der Waals surface area contributed by atoms with Gasteiger partial charge in [-0.05, 0) is 45.0 Å². The normalized spacial score (nSPS) is 10.3. The average Bonchev–Trinajstić information content (AvgIpc) is 3.02. The number of carbonyl (C=O) groups excluding carboxylic acids is 4. The number of carbonyl (C=O) groups is 4. The Kier molecular flexibility index (Phi) is 7.99. The quantitative estimate of drug-likeness (QED) is 0.469. The van der Waals surface area contributed by atoms with Crippen LogP contribution in [0, 0.1) is 6.92 Å². The van der Waals surface area contributed by atoms with E-state index in [4.69, 9.17) is 30.2 Å². The molecule has 160 valence electrons. The number of nitrogens with one attached hydrogen (secondary N) is 1. The highest BCUT2D eigenvalue weighted by Crippen LogP contribution is 2.28. The topological polar surface area (TPSA) is 121 Å². The van der Waals surface area contributed by atoms with E-state index >= 15 is 0 Å². The molecule has 0 radical (unpaired) electrons. The summed E-state index contributed by atoms with van der Waals surface area (Å²) >= 11 is 5.76. The van der Waals surface area contributed by atoms with Crippen LogP contribution in [0.4, 0.5) is 5.88 Å². The van der Waals surface area contributed by atoms with Crippen molar-refractivity contribution in [3.05, 3.63) is 46.2 Å². The molecule has 10 heteroatoms. The fourth-order valence-electron chi connectivity index (χ4n) is 2.48. The van der Waals surface area contributed by atoms with E-state index in [-0.39, 0.29) is 29.4 Å². The van der Waals surface area contributed by atoms with E-state index in [0.717, 1.165) is 0 Å². The first-order chi connectivity index (χ1) is 14.2. The molecule has 0 spiro atoms. The first-order valence-corrected chi connectivity index (χ1v) is 9.26. The summed E-state index contributed by atoms with van der Waals surface area (Å²) in [6.45, 7) is 3.33. The summed E-state index contributed by atoms with van der Waals surface area (Å²) in [5.74, 6) is -2.50. The fourth-order valence-corrected chi connectivity index (χ4v) is 2.60. The molecule has 0 fully saturated rings. The second kappa shape index (κ2) is 10.4. The molecule has 1 aromatic carbocycles. The number of ketones is 1. The molecule has 9 nitrogen and oxygen atoms in total. The molecule has 1 N–H and O–H groups in total. The summed E-state index contributed by atoms with van der Waals surface area (Å²) in [5, 5.41) is 2.83. The maximum atomic E-state index is 12.2. The van der Waals surface area contributed by atoms with Gasteiger partial charge in [-0.25, -0.2) is 9.59 Å². The van der Waals surface area contributed by atoms with E-state index in [1.54, 1.807) is 31.2 Å². The summed E-state index contributed by atoms with van der Waals surface area (Å²) < 4.78 is 20.3. The van der Waals surface area contributed by atoms with E-state index in [2.05, 4.69) is 5.32 Å². The maximum absolute atomic E-state index is 12.2. The summed E-state index contributed by atoms with van der Waals surface area (Å²) in [5.41, 5.74) is -0.176. The zero-order chi connectivity index (χ0) is 22.3. The minimum absolute atomic E-state index is 0.0112. The number of anilines is 1. The van der Waals surface area contributed by atoms with Crippen LogP contribution in [0.5, 0.6) is 5.75 Å². The molecule has 1 amide bonds. The third-order valence-corrected chi connectivity index (χ3v) is 3.96. The molecule has 2 aromatic rings. The lowest BCUT2D eigenvalue weighted by molar-refractivity contribution is -0.149. The molecule has 0 aliphatic carbocycles. The van der Waals surface area contributed by atoms with Gasteiger partial charge >= 0.3 is 11.9 Å². The lowest BCUT2D eigenvalue weighted by Crippen LogP contribution is -2.24. The number of hydrogen-bond acceptors (Lipinski definition) is 8. The van der Waals surface area contributed by atoms with Gasteiger partial charge in [-0.3, -0.25) is 14.9 Å². The van der Waals surface area contributed by atoms with Crippen molar-refractivity contribution in [2.24, 2.45) is 0 Å². The van der Waals surface area contributed by atoms with E-state index in [9.17, 15) is 19.2 Å². The van der Waals surface area contributed by atoms with E-state index in [1.807, 2.05) is 0 Å².